The van der Waals surface area contributed by atoms with Gasteiger partial charge in [-0.2, -0.15) is 0 Å². The third-order valence-electron chi connectivity index (χ3n) is 7.43. The van der Waals surface area contributed by atoms with E-state index in [9.17, 15) is 13.9 Å². The lowest BCUT2D eigenvalue weighted by Gasteiger charge is -2.19. The van der Waals surface area contributed by atoms with Gasteiger partial charge in [0.1, 0.15) is 11.9 Å². The number of hydrogen-bond acceptors (Lipinski definition) is 4. The standard InChI is InChI=1S/C31H34F2N2O2/c1-34-23-11-14-26-22(19-23)5-2-6-27(28-7-3-8-29(33)31(28)36)30(26)21-9-12-24(13-10-21)37-25-15-18-35(20-25)17-4-16-32/h3,7-14,19,25,34,36H,2,4-6,15-18,20H2,1H3. The number of nitrogens with zero attached hydrogens (tertiary/aromatic N) is 1. The number of para-hydroxylation sites is 1. The number of ether oxygens (including phenoxy) is 1. The zero-order chi connectivity index (χ0) is 25.8. The Morgan fingerprint density at radius 3 is 2.68 bits per heavy atom. The van der Waals surface area contributed by atoms with Crippen LogP contribution in [-0.2, 0) is 6.42 Å². The third-order valence-corrected chi connectivity index (χ3v) is 7.43. The fourth-order valence-electron chi connectivity index (χ4n) is 5.57. The van der Waals surface area contributed by atoms with E-state index in [0.29, 0.717) is 12.0 Å². The van der Waals surface area contributed by atoms with Gasteiger partial charge in [-0.3, -0.25) is 9.29 Å². The van der Waals surface area contributed by atoms with Crippen molar-refractivity contribution >= 4 is 16.8 Å². The zero-order valence-corrected chi connectivity index (χ0v) is 21.3. The van der Waals surface area contributed by atoms with Crippen LogP contribution in [0.2, 0.25) is 0 Å². The van der Waals surface area contributed by atoms with Gasteiger partial charge in [0.05, 0.1) is 6.67 Å². The lowest BCUT2D eigenvalue weighted by molar-refractivity contribution is 0.198. The molecular formula is C31H34F2N2O2. The largest absolute Gasteiger partial charge is 0.504 e. The molecule has 1 saturated heterocycles. The van der Waals surface area contributed by atoms with E-state index in [2.05, 4.69) is 40.5 Å². The minimum absolute atomic E-state index is 0.100. The topological polar surface area (TPSA) is 44.7 Å². The van der Waals surface area contributed by atoms with Gasteiger partial charge in [0, 0.05) is 37.9 Å². The van der Waals surface area contributed by atoms with Gasteiger partial charge in [-0.25, -0.2) is 4.39 Å². The Bertz CT molecular complexity index is 1270. The summed E-state index contributed by atoms with van der Waals surface area (Å²) in [5.41, 5.74) is 6.89. The number of allylic oxidation sites excluding steroid dienone is 1. The molecule has 0 saturated carbocycles. The molecule has 0 spiro atoms. The van der Waals surface area contributed by atoms with E-state index in [1.54, 1.807) is 12.1 Å². The van der Waals surface area contributed by atoms with E-state index in [1.807, 2.05) is 19.2 Å². The van der Waals surface area contributed by atoms with Gasteiger partial charge >= 0.3 is 0 Å². The van der Waals surface area contributed by atoms with Gasteiger partial charge in [-0.1, -0.05) is 30.3 Å². The van der Waals surface area contributed by atoms with Crippen molar-refractivity contribution in [3.8, 4) is 11.5 Å². The number of phenolic OH excluding ortho intramolecular Hbond substituents is 1. The average molecular weight is 505 g/mol. The van der Waals surface area contributed by atoms with Crippen molar-refractivity contribution in [2.45, 2.75) is 38.2 Å². The van der Waals surface area contributed by atoms with Gasteiger partial charge in [-0.15, -0.1) is 0 Å². The van der Waals surface area contributed by atoms with E-state index in [4.69, 9.17) is 4.74 Å². The first-order chi connectivity index (χ1) is 18.1. The molecule has 1 heterocycles. The van der Waals surface area contributed by atoms with Crippen LogP contribution in [0.3, 0.4) is 0 Å². The summed E-state index contributed by atoms with van der Waals surface area (Å²) in [6, 6.07) is 19.2. The highest BCUT2D eigenvalue weighted by atomic mass is 19.1. The van der Waals surface area contributed by atoms with E-state index in [1.165, 1.54) is 11.6 Å². The summed E-state index contributed by atoms with van der Waals surface area (Å²) in [6.07, 6.45) is 4.13. The number of rotatable bonds is 8. The van der Waals surface area contributed by atoms with E-state index in [0.717, 1.165) is 79.0 Å². The molecule has 2 N–H and O–H groups in total. The van der Waals surface area contributed by atoms with Gasteiger partial charge < -0.3 is 15.2 Å². The lowest BCUT2D eigenvalue weighted by Crippen LogP contribution is -2.26. The van der Waals surface area contributed by atoms with E-state index < -0.39 is 5.82 Å². The van der Waals surface area contributed by atoms with Crippen molar-refractivity contribution in [3.63, 3.8) is 0 Å². The molecule has 1 aliphatic carbocycles. The van der Waals surface area contributed by atoms with Crippen LogP contribution in [0.1, 0.15) is 47.9 Å². The van der Waals surface area contributed by atoms with E-state index >= 15 is 0 Å². The van der Waals surface area contributed by atoms with Crippen molar-refractivity contribution in [3.05, 3.63) is 88.7 Å². The summed E-state index contributed by atoms with van der Waals surface area (Å²) in [5, 5.41) is 13.9. The summed E-state index contributed by atoms with van der Waals surface area (Å²) in [7, 11) is 1.91. The smallest absolute Gasteiger partial charge is 0.165 e. The molecule has 3 aromatic rings. The second-order valence-electron chi connectivity index (χ2n) is 9.86. The highest BCUT2D eigenvalue weighted by Crippen LogP contribution is 2.43. The molecule has 4 nitrogen and oxygen atoms in total. The van der Waals surface area contributed by atoms with Crippen molar-refractivity contribution in [2.75, 3.05) is 38.7 Å². The first-order valence-electron chi connectivity index (χ1n) is 13.1. The van der Waals surface area contributed by atoms with Crippen molar-refractivity contribution in [2.24, 2.45) is 0 Å². The minimum atomic E-state index is -0.611. The molecule has 3 aromatic carbocycles. The molecule has 37 heavy (non-hydrogen) atoms. The highest BCUT2D eigenvalue weighted by Gasteiger charge is 2.25. The molecule has 0 aromatic heterocycles. The number of nitrogens with one attached hydrogen (secondary N) is 1. The number of anilines is 1. The molecule has 0 bridgehead atoms. The van der Waals surface area contributed by atoms with Crippen molar-refractivity contribution in [1.29, 1.82) is 0 Å². The molecule has 2 aliphatic rings. The number of phenols is 1. The maximum atomic E-state index is 14.4. The first kappa shape index (κ1) is 25.3. The molecule has 0 amide bonds. The van der Waals surface area contributed by atoms with Crippen LogP contribution in [0.25, 0.3) is 11.1 Å². The van der Waals surface area contributed by atoms with Crippen molar-refractivity contribution < 1.29 is 18.6 Å². The van der Waals surface area contributed by atoms with Crippen LogP contribution < -0.4 is 10.1 Å². The van der Waals surface area contributed by atoms with Crippen LogP contribution >= 0.6 is 0 Å². The Labute approximate surface area is 217 Å². The van der Waals surface area contributed by atoms with E-state index in [-0.39, 0.29) is 18.5 Å². The summed E-state index contributed by atoms with van der Waals surface area (Å²) >= 11 is 0. The zero-order valence-electron chi connectivity index (χ0n) is 21.3. The van der Waals surface area contributed by atoms with Crippen LogP contribution in [0.5, 0.6) is 11.5 Å². The Balaban J connectivity index is 1.50. The van der Waals surface area contributed by atoms with Crippen LogP contribution in [0.4, 0.5) is 14.5 Å². The first-order valence-corrected chi connectivity index (χ1v) is 13.1. The molecule has 1 atom stereocenters. The van der Waals surface area contributed by atoms with Gasteiger partial charge in [-0.05, 0) is 90.3 Å². The fraction of sp³-hybridized carbons (Fsp3) is 0.355. The number of aryl methyl sites for hydroxylation is 1. The number of fused-ring (bicyclic) bond motifs is 1. The summed E-state index contributed by atoms with van der Waals surface area (Å²) in [4.78, 5) is 2.25. The van der Waals surface area contributed by atoms with Crippen LogP contribution in [0.15, 0.2) is 60.7 Å². The number of aromatic hydroxyl groups is 1. The minimum Gasteiger partial charge on any atom is -0.504 e. The Morgan fingerprint density at radius 2 is 1.89 bits per heavy atom. The second kappa shape index (κ2) is 11.3. The molecule has 1 fully saturated rings. The summed E-state index contributed by atoms with van der Waals surface area (Å²) in [6.45, 7) is 2.24. The maximum absolute atomic E-state index is 14.4. The SMILES string of the molecule is CNc1ccc2c(c1)CCCC(c1cccc(F)c1O)=C2c1ccc(OC2CCN(CCCF)C2)cc1. The number of likely N-dealkylation sites (tertiary alicyclic amines) is 1. The van der Waals surface area contributed by atoms with Crippen molar-refractivity contribution in [1.82, 2.24) is 4.90 Å². The number of alkyl halides is 1. The van der Waals surface area contributed by atoms with Gasteiger partial charge in [0.25, 0.3) is 0 Å². The Hall–Kier alpha value is -3.38. The molecule has 0 radical (unpaired) electrons. The highest BCUT2D eigenvalue weighted by molar-refractivity contribution is 6.01. The summed E-state index contributed by atoms with van der Waals surface area (Å²) < 4.78 is 33.2. The lowest BCUT2D eigenvalue weighted by atomic mass is 9.87. The molecule has 1 unspecified atom stereocenters. The van der Waals surface area contributed by atoms with Gasteiger partial charge in [0.15, 0.2) is 11.6 Å². The number of benzene rings is 3. The second-order valence-corrected chi connectivity index (χ2v) is 9.86. The molecule has 1 aliphatic heterocycles. The Kier molecular flexibility index (Phi) is 7.75. The molecule has 5 rings (SSSR count). The van der Waals surface area contributed by atoms with Crippen LogP contribution in [-0.4, -0.2) is 49.5 Å². The normalized spacial score (nSPS) is 18.0. The monoisotopic (exact) mass is 504 g/mol. The maximum Gasteiger partial charge on any atom is 0.165 e. The predicted octanol–water partition coefficient (Wildman–Crippen LogP) is 6.68. The third kappa shape index (κ3) is 5.49. The molecular weight excluding hydrogens is 470 g/mol. The number of halogens is 2. The van der Waals surface area contributed by atoms with Crippen LogP contribution in [0, 0.1) is 5.82 Å². The molecule has 194 valence electrons. The fourth-order valence-corrected chi connectivity index (χ4v) is 5.57. The Morgan fingerprint density at radius 1 is 1.05 bits per heavy atom. The summed E-state index contributed by atoms with van der Waals surface area (Å²) in [5.74, 6) is -0.111. The molecule has 6 heteroatoms. The average Bonchev–Trinajstić information content (AvgIpc) is 3.28. The number of hydrogen-bond donors (Lipinski definition) is 2. The van der Waals surface area contributed by atoms with Gasteiger partial charge in [0.2, 0.25) is 0 Å². The quantitative estimate of drug-likeness (QED) is 0.359. The predicted molar refractivity (Wildman–Crippen MR) is 145 cm³/mol.